The average Bonchev–Trinajstić information content (AvgIpc) is 3.10. The zero-order valence-corrected chi connectivity index (χ0v) is 17.4. The molecule has 3 aromatic rings. The Kier molecular flexibility index (Phi) is 5.90. The molecule has 166 valence electrons. The van der Waals surface area contributed by atoms with Crippen molar-refractivity contribution in [2.45, 2.75) is 45.5 Å². The summed E-state index contributed by atoms with van der Waals surface area (Å²) in [4.78, 5) is 20.3. The fraction of sp³-hybridized carbons (Fsp3) is 0.400. The van der Waals surface area contributed by atoms with Crippen LogP contribution in [0.2, 0.25) is 0 Å². The van der Waals surface area contributed by atoms with Crippen molar-refractivity contribution in [1.82, 2.24) is 19.7 Å². The van der Waals surface area contributed by atoms with Crippen molar-refractivity contribution in [2.24, 2.45) is 0 Å². The Hall–Kier alpha value is -3.21. The van der Waals surface area contributed by atoms with E-state index in [0.29, 0.717) is 22.0 Å². The van der Waals surface area contributed by atoms with E-state index < -0.39 is 24.3 Å². The van der Waals surface area contributed by atoms with E-state index in [2.05, 4.69) is 20.4 Å². The van der Waals surface area contributed by atoms with Gasteiger partial charge in [-0.15, -0.1) is 0 Å². The molecule has 1 atom stereocenters. The first kappa shape index (κ1) is 22.5. The van der Waals surface area contributed by atoms with E-state index in [0.717, 1.165) is 0 Å². The lowest BCUT2D eigenvalue weighted by molar-refractivity contribution is -0.154. The monoisotopic (exact) mass is 437 g/mol. The molecule has 0 aliphatic heterocycles. The molecule has 0 aromatic carbocycles. The molecular weight excluding hydrogens is 415 g/mol. The van der Waals surface area contributed by atoms with Crippen LogP contribution in [0.4, 0.5) is 19.0 Å². The van der Waals surface area contributed by atoms with Crippen LogP contribution in [0.3, 0.4) is 0 Å². The molecule has 8 nitrogen and oxygen atoms in total. The molecule has 0 radical (unpaired) electrons. The summed E-state index contributed by atoms with van der Waals surface area (Å²) in [6.07, 6.45) is 0.172. The molecule has 0 saturated heterocycles. The third-order valence-electron chi connectivity index (χ3n) is 4.54. The lowest BCUT2D eigenvalue weighted by Gasteiger charge is -2.16. The van der Waals surface area contributed by atoms with Gasteiger partial charge >= 0.3 is 6.18 Å². The smallest absolute Gasteiger partial charge is 0.422 e. The van der Waals surface area contributed by atoms with Crippen LogP contribution in [0.25, 0.3) is 10.9 Å². The minimum absolute atomic E-state index is 0.0836. The number of carbonyl (C=O) groups is 1. The Morgan fingerprint density at radius 2 is 2.03 bits per heavy atom. The highest BCUT2D eigenvalue weighted by molar-refractivity contribution is 6.02. The number of rotatable bonds is 6. The molecule has 0 aliphatic carbocycles. The van der Waals surface area contributed by atoms with Crippen molar-refractivity contribution in [1.29, 1.82) is 0 Å². The highest BCUT2D eigenvalue weighted by Crippen LogP contribution is 2.27. The largest absolute Gasteiger partial charge is 0.468 e. The third kappa shape index (κ3) is 5.29. The van der Waals surface area contributed by atoms with Crippen molar-refractivity contribution >= 4 is 22.6 Å². The van der Waals surface area contributed by atoms with Gasteiger partial charge in [-0.2, -0.15) is 18.3 Å². The highest BCUT2D eigenvalue weighted by Gasteiger charge is 2.29. The fourth-order valence-corrected chi connectivity index (χ4v) is 2.79. The molecule has 3 heterocycles. The molecule has 11 heteroatoms. The van der Waals surface area contributed by atoms with Gasteiger partial charge in [0.2, 0.25) is 5.88 Å². The standard InChI is InChI=1S/C20H22F3N5O3/c1-11-7-13(8-25-17(11)31-10-20(21,22)23)12(2)28-9-14-15(27-28)5-6-24-16(14)26-18(29)19(3,4)30/h5-9,12,30H,10H2,1-4H3,(H,24,26,29). The summed E-state index contributed by atoms with van der Waals surface area (Å²) in [6, 6.07) is 3.05. The van der Waals surface area contributed by atoms with Gasteiger partial charge in [0.1, 0.15) is 11.4 Å². The summed E-state index contributed by atoms with van der Waals surface area (Å²) in [6.45, 7) is 4.78. The number of halogens is 3. The third-order valence-corrected chi connectivity index (χ3v) is 4.54. The number of aryl methyl sites for hydroxylation is 1. The lowest BCUT2D eigenvalue weighted by atomic mass is 10.1. The number of aliphatic hydroxyl groups is 1. The number of nitrogens with zero attached hydrogens (tertiary/aromatic N) is 4. The zero-order chi connectivity index (χ0) is 23.0. The van der Waals surface area contributed by atoms with Gasteiger partial charge in [-0.1, -0.05) is 0 Å². The van der Waals surface area contributed by atoms with E-state index in [1.807, 2.05) is 6.92 Å². The molecule has 3 rings (SSSR count). The molecule has 0 spiro atoms. The molecule has 2 N–H and O–H groups in total. The number of aromatic nitrogens is 4. The second-order valence-corrected chi connectivity index (χ2v) is 7.69. The molecule has 1 unspecified atom stereocenters. The molecule has 0 fully saturated rings. The van der Waals surface area contributed by atoms with Gasteiger partial charge in [0.15, 0.2) is 6.61 Å². The van der Waals surface area contributed by atoms with Crippen molar-refractivity contribution in [2.75, 3.05) is 11.9 Å². The number of ether oxygens (including phenoxy) is 1. The quantitative estimate of drug-likeness (QED) is 0.613. The van der Waals surface area contributed by atoms with Gasteiger partial charge in [-0.05, 0) is 45.4 Å². The summed E-state index contributed by atoms with van der Waals surface area (Å²) in [5.74, 6) is -0.435. The number of amides is 1. The number of alkyl halides is 3. The number of anilines is 1. The molecule has 0 bridgehead atoms. The van der Waals surface area contributed by atoms with E-state index in [1.54, 1.807) is 29.9 Å². The van der Waals surface area contributed by atoms with Crippen molar-refractivity contribution < 1.29 is 27.8 Å². The molecule has 0 aliphatic rings. The number of pyridine rings is 2. The second-order valence-electron chi connectivity index (χ2n) is 7.69. The van der Waals surface area contributed by atoms with Crippen LogP contribution in [0, 0.1) is 6.92 Å². The Morgan fingerprint density at radius 1 is 1.32 bits per heavy atom. The van der Waals surface area contributed by atoms with Crippen LogP contribution >= 0.6 is 0 Å². The number of carbonyl (C=O) groups excluding carboxylic acids is 1. The highest BCUT2D eigenvalue weighted by atomic mass is 19.4. The van der Waals surface area contributed by atoms with Gasteiger partial charge in [0.25, 0.3) is 5.91 Å². The zero-order valence-electron chi connectivity index (χ0n) is 17.4. The maximum Gasteiger partial charge on any atom is 0.422 e. The van der Waals surface area contributed by atoms with Crippen LogP contribution in [0.1, 0.15) is 37.9 Å². The lowest BCUT2D eigenvalue weighted by Crippen LogP contribution is -2.36. The van der Waals surface area contributed by atoms with Crippen molar-refractivity contribution in [3.05, 3.63) is 41.9 Å². The van der Waals surface area contributed by atoms with Crippen molar-refractivity contribution in [3.8, 4) is 5.88 Å². The van der Waals surface area contributed by atoms with Gasteiger partial charge in [-0.3, -0.25) is 9.48 Å². The van der Waals surface area contributed by atoms with Crippen LogP contribution in [-0.4, -0.2) is 49.1 Å². The maximum atomic E-state index is 12.4. The summed E-state index contributed by atoms with van der Waals surface area (Å²) in [5, 5.41) is 17.5. The SMILES string of the molecule is Cc1cc(C(C)n2cc3c(NC(=O)C(C)(C)O)nccc3n2)cnc1OCC(F)(F)F. The Labute approximate surface area is 176 Å². The average molecular weight is 437 g/mol. The van der Waals surface area contributed by atoms with Crippen LogP contribution < -0.4 is 10.1 Å². The minimum Gasteiger partial charge on any atom is -0.468 e. The first-order valence-electron chi connectivity index (χ1n) is 9.39. The second kappa shape index (κ2) is 8.14. The van der Waals surface area contributed by atoms with Gasteiger partial charge in [-0.25, -0.2) is 9.97 Å². The minimum atomic E-state index is -4.44. The maximum absolute atomic E-state index is 12.4. The van der Waals surface area contributed by atoms with Crippen molar-refractivity contribution in [3.63, 3.8) is 0 Å². The predicted octanol–water partition coefficient (Wildman–Crippen LogP) is 3.39. The predicted molar refractivity (Wildman–Crippen MR) is 107 cm³/mol. The number of hydrogen-bond acceptors (Lipinski definition) is 6. The van der Waals surface area contributed by atoms with Crippen LogP contribution in [0.5, 0.6) is 5.88 Å². The normalized spacial score (nSPS) is 13.3. The summed E-state index contributed by atoms with van der Waals surface area (Å²) in [7, 11) is 0. The topological polar surface area (TPSA) is 102 Å². The van der Waals surface area contributed by atoms with Gasteiger partial charge in [0.05, 0.1) is 16.9 Å². The number of nitrogens with one attached hydrogen (secondary N) is 1. The number of fused-ring (bicyclic) bond motifs is 1. The first-order chi connectivity index (χ1) is 14.3. The molecule has 1 amide bonds. The summed E-state index contributed by atoms with van der Waals surface area (Å²) in [5.41, 5.74) is 0.166. The molecule has 0 saturated carbocycles. The Morgan fingerprint density at radius 3 is 2.65 bits per heavy atom. The summed E-state index contributed by atoms with van der Waals surface area (Å²) < 4.78 is 43.5. The number of hydrogen-bond donors (Lipinski definition) is 2. The Balaban J connectivity index is 1.86. The molecular formula is C20H22F3N5O3. The first-order valence-corrected chi connectivity index (χ1v) is 9.39. The molecule has 31 heavy (non-hydrogen) atoms. The van der Waals surface area contributed by atoms with E-state index in [9.17, 15) is 23.1 Å². The van der Waals surface area contributed by atoms with Crippen LogP contribution in [-0.2, 0) is 4.79 Å². The van der Waals surface area contributed by atoms with Gasteiger partial charge < -0.3 is 15.2 Å². The van der Waals surface area contributed by atoms with Crippen LogP contribution in [0.15, 0.2) is 30.7 Å². The van der Waals surface area contributed by atoms with E-state index in [-0.39, 0.29) is 17.7 Å². The summed E-state index contributed by atoms with van der Waals surface area (Å²) >= 11 is 0. The fourth-order valence-electron chi connectivity index (χ4n) is 2.79. The van der Waals surface area contributed by atoms with Gasteiger partial charge in [0, 0.05) is 24.2 Å². The van der Waals surface area contributed by atoms with E-state index >= 15 is 0 Å². The Bertz CT molecular complexity index is 1110. The van der Waals surface area contributed by atoms with E-state index in [4.69, 9.17) is 4.74 Å². The molecule has 3 aromatic heterocycles. The van der Waals surface area contributed by atoms with E-state index in [1.165, 1.54) is 26.2 Å².